The highest BCUT2D eigenvalue weighted by molar-refractivity contribution is 5.77. The van der Waals surface area contributed by atoms with E-state index >= 15 is 0 Å². The molecule has 2 aliphatic rings. The van der Waals surface area contributed by atoms with Crippen LogP contribution in [0.15, 0.2) is 24.3 Å². The van der Waals surface area contributed by atoms with Crippen LogP contribution in [0.2, 0.25) is 0 Å². The monoisotopic (exact) mass is 301 g/mol. The summed E-state index contributed by atoms with van der Waals surface area (Å²) >= 11 is 0. The molecule has 3 rings (SSSR count). The van der Waals surface area contributed by atoms with E-state index in [0.717, 1.165) is 45.7 Å². The predicted molar refractivity (Wildman–Crippen MR) is 88.7 cm³/mol. The second-order valence-corrected chi connectivity index (χ2v) is 6.58. The van der Waals surface area contributed by atoms with Crippen LogP contribution in [-0.4, -0.2) is 54.5 Å². The molecule has 4 nitrogen and oxygen atoms in total. The summed E-state index contributed by atoms with van der Waals surface area (Å²) in [5.74, 6) is 0.329. The molecular weight excluding hydrogens is 274 g/mol. The fourth-order valence-electron chi connectivity index (χ4n) is 3.45. The maximum Gasteiger partial charge on any atom is 0.224 e. The highest BCUT2D eigenvalue weighted by Crippen LogP contribution is 2.15. The molecule has 1 aromatic carbocycles. The Kier molecular flexibility index (Phi) is 5.11. The maximum absolute atomic E-state index is 12.3. The number of nitrogens with one attached hydrogen (secondary N) is 1. The smallest absolute Gasteiger partial charge is 0.224 e. The van der Waals surface area contributed by atoms with Crippen molar-refractivity contribution < 1.29 is 4.79 Å². The molecule has 1 N–H and O–H groups in total. The average molecular weight is 301 g/mol. The van der Waals surface area contributed by atoms with Gasteiger partial charge >= 0.3 is 0 Å². The van der Waals surface area contributed by atoms with Gasteiger partial charge in [-0.15, -0.1) is 0 Å². The third-order valence-electron chi connectivity index (χ3n) is 4.96. The summed E-state index contributed by atoms with van der Waals surface area (Å²) in [5, 5.41) is 3.42. The van der Waals surface area contributed by atoms with Crippen LogP contribution >= 0.6 is 0 Å². The van der Waals surface area contributed by atoms with E-state index in [0.29, 0.717) is 18.4 Å². The van der Waals surface area contributed by atoms with Crippen molar-refractivity contribution in [2.45, 2.75) is 38.8 Å². The summed E-state index contributed by atoms with van der Waals surface area (Å²) in [5.41, 5.74) is 2.76. The van der Waals surface area contributed by atoms with Gasteiger partial charge in [0.25, 0.3) is 0 Å². The zero-order chi connectivity index (χ0) is 15.4. The van der Waals surface area contributed by atoms with Crippen LogP contribution in [0.3, 0.4) is 0 Å². The van der Waals surface area contributed by atoms with E-state index in [1.807, 2.05) is 4.90 Å². The lowest BCUT2D eigenvalue weighted by Gasteiger charge is -2.35. The normalized spacial score (nSPS) is 23.0. The molecule has 120 valence electrons. The molecule has 22 heavy (non-hydrogen) atoms. The van der Waals surface area contributed by atoms with Crippen molar-refractivity contribution in [3.63, 3.8) is 0 Å². The second-order valence-electron chi connectivity index (χ2n) is 6.58. The van der Waals surface area contributed by atoms with Crippen molar-refractivity contribution in [2.24, 2.45) is 0 Å². The van der Waals surface area contributed by atoms with Gasteiger partial charge in [-0.2, -0.15) is 0 Å². The molecule has 0 aromatic heterocycles. The molecule has 0 aliphatic carbocycles. The lowest BCUT2D eigenvalue weighted by Crippen LogP contribution is -2.49. The van der Waals surface area contributed by atoms with Crippen molar-refractivity contribution in [1.82, 2.24) is 15.1 Å². The molecule has 0 radical (unpaired) electrons. The number of aryl methyl sites for hydroxylation is 1. The molecule has 4 heteroatoms. The van der Waals surface area contributed by atoms with Gasteiger partial charge in [0, 0.05) is 45.2 Å². The Morgan fingerprint density at radius 2 is 2.00 bits per heavy atom. The topological polar surface area (TPSA) is 35.6 Å². The third-order valence-corrected chi connectivity index (χ3v) is 4.96. The van der Waals surface area contributed by atoms with E-state index in [2.05, 4.69) is 41.4 Å². The van der Waals surface area contributed by atoms with Crippen LogP contribution in [0.25, 0.3) is 0 Å². The number of rotatable bonds is 4. The molecule has 2 saturated heterocycles. The van der Waals surface area contributed by atoms with Gasteiger partial charge in [0.15, 0.2) is 0 Å². The van der Waals surface area contributed by atoms with Gasteiger partial charge < -0.3 is 10.2 Å². The van der Waals surface area contributed by atoms with Gasteiger partial charge in [-0.1, -0.05) is 24.3 Å². The number of amides is 1. The number of benzene rings is 1. The third kappa shape index (κ3) is 3.87. The van der Waals surface area contributed by atoms with Crippen LogP contribution < -0.4 is 5.32 Å². The molecule has 0 bridgehead atoms. The van der Waals surface area contributed by atoms with Crippen molar-refractivity contribution in [3.05, 3.63) is 35.4 Å². The molecule has 1 amide bonds. The Labute approximate surface area is 133 Å². The van der Waals surface area contributed by atoms with Crippen LogP contribution in [0.1, 0.15) is 30.4 Å². The first-order valence-electron chi connectivity index (χ1n) is 8.50. The van der Waals surface area contributed by atoms with Crippen molar-refractivity contribution in [2.75, 3.05) is 32.7 Å². The molecule has 2 aliphatic heterocycles. The first kappa shape index (κ1) is 15.5. The van der Waals surface area contributed by atoms with Gasteiger partial charge in [-0.05, 0) is 37.4 Å². The van der Waals surface area contributed by atoms with Crippen LogP contribution in [0, 0.1) is 6.92 Å². The van der Waals surface area contributed by atoms with E-state index in [1.54, 1.807) is 0 Å². The van der Waals surface area contributed by atoms with Crippen molar-refractivity contribution in [3.8, 4) is 0 Å². The maximum atomic E-state index is 12.3. The molecule has 2 fully saturated rings. The van der Waals surface area contributed by atoms with E-state index in [4.69, 9.17) is 0 Å². The minimum absolute atomic E-state index is 0.329. The highest BCUT2D eigenvalue weighted by atomic mass is 16.2. The van der Waals surface area contributed by atoms with Gasteiger partial charge in [-0.3, -0.25) is 9.69 Å². The zero-order valence-electron chi connectivity index (χ0n) is 13.6. The number of hydrogen-bond donors (Lipinski definition) is 1. The Hall–Kier alpha value is -1.39. The largest absolute Gasteiger partial charge is 0.340 e. The number of carbonyl (C=O) groups excluding carboxylic acids is 1. The zero-order valence-corrected chi connectivity index (χ0v) is 13.6. The first-order valence-corrected chi connectivity index (χ1v) is 8.50. The summed E-state index contributed by atoms with van der Waals surface area (Å²) < 4.78 is 0. The first-order chi connectivity index (χ1) is 10.7. The average Bonchev–Trinajstić information content (AvgIpc) is 3.03. The van der Waals surface area contributed by atoms with Crippen LogP contribution in [0.5, 0.6) is 0 Å². The van der Waals surface area contributed by atoms with Gasteiger partial charge in [-0.25, -0.2) is 0 Å². The summed E-state index contributed by atoms with van der Waals surface area (Å²) in [4.78, 5) is 16.8. The molecular formula is C18H27N3O. The Morgan fingerprint density at radius 1 is 1.23 bits per heavy atom. The number of piperazine rings is 1. The van der Waals surface area contributed by atoms with E-state index in [-0.39, 0.29) is 0 Å². The second kappa shape index (κ2) is 7.25. The lowest BCUT2D eigenvalue weighted by atomic mass is 10.1. The van der Waals surface area contributed by atoms with E-state index < -0.39 is 0 Å². The minimum Gasteiger partial charge on any atom is -0.340 e. The lowest BCUT2D eigenvalue weighted by molar-refractivity contribution is -0.133. The molecule has 0 spiro atoms. The standard InChI is InChI=1S/C18H27N3O/c1-15-5-2-3-6-16(15)14-20-9-11-21(12-10-20)18(22)13-17-7-4-8-19-17/h2-3,5-6,17,19H,4,7-14H2,1H3. The Balaban J connectivity index is 1.45. The quantitative estimate of drug-likeness (QED) is 0.921. The van der Waals surface area contributed by atoms with Crippen molar-refractivity contribution in [1.29, 1.82) is 0 Å². The Morgan fingerprint density at radius 3 is 2.68 bits per heavy atom. The van der Waals surface area contributed by atoms with Gasteiger partial charge in [0.1, 0.15) is 0 Å². The summed E-state index contributed by atoms with van der Waals surface area (Å²) in [7, 11) is 0. The van der Waals surface area contributed by atoms with Crippen LogP contribution in [-0.2, 0) is 11.3 Å². The number of carbonyl (C=O) groups is 1. The van der Waals surface area contributed by atoms with Crippen LogP contribution in [0.4, 0.5) is 0 Å². The SMILES string of the molecule is Cc1ccccc1CN1CCN(C(=O)CC2CCCN2)CC1. The molecule has 0 saturated carbocycles. The number of hydrogen-bond acceptors (Lipinski definition) is 3. The fraction of sp³-hybridized carbons (Fsp3) is 0.611. The molecule has 2 heterocycles. The fourth-order valence-corrected chi connectivity index (χ4v) is 3.45. The molecule has 1 aromatic rings. The van der Waals surface area contributed by atoms with Crippen molar-refractivity contribution >= 4 is 5.91 Å². The molecule has 1 atom stereocenters. The van der Waals surface area contributed by atoms with E-state index in [1.165, 1.54) is 17.5 Å². The summed E-state index contributed by atoms with van der Waals surface area (Å²) in [6.45, 7) is 7.95. The van der Waals surface area contributed by atoms with Gasteiger partial charge in [0.2, 0.25) is 5.91 Å². The summed E-state index contributed by atoms with van der Waals surface area (Å²) in [6.07, 6.45) is 3.04. The van der Waals surface area contributed by atoms with E-state index in [9.17, 15) is 4.79 Å². The number of nitrogens with zero attached hydrogens (tertiary/aromatic N) is 2. The minimum atomic E-state index is 0.329. The summed E-state index contributed by atoms with van der Waals surface area (Å²) in [6, 6.07) is 8.99. The van der Waals surface area contributed by atoms with Gasteiger partial charge in [0.05, 0.1) is 0 Å². The highest BCUT2D eigenvalue weighted by Gasteiger charge is 2.24. The predicted octanol–water partition coefficient (Wildman–Crippen LogP) is 1.78. The Bertz CT molecular complexity index is 503. The molecule has 1 unspecified atom stereocenters.